The molecule has 2 heterocycles. The number of nitrogens with one attached hydrogen (secondary N) is 1. The Balaban J connectivity index is 1.84. The quantitative estimate of drug-likeness (QED) is 0.843. The summed E-state index contributed by atoms with van der Waals surface area (Å²) in [6.07, 6.45) is 3.89. The summed E-state index contributed by atoms with van der Waals surface area (Å²) in [4.78, 5) is 10.8. The number of nitrogens with zero attached hydrogens (tertiary/aromatic N) is 2. The highest BCUT2D eigenvalue weighted by molar-refractivity contribution is 7.99. The number of thioether (sulfide) groups is 1. The fourth-order valence-electron chi connectivity index (χ4n) is 1.74. The number of amides is 1. The highest BCUT2D eigenvalue weighted by atomic mass is 32.2. The zero-order valence-corrected chi connectivity index (χ0v) is 10.4. The molecule has 1 aromatic heterocycles. The van der Waals surface area contributed by atoms with Crippen LogP contribution in [0.3, 0.4) is 0 Å². The van der Waals surface area contributed by atoms with Crippen LogP contribution < -0.4 is 11.1 Å². The Labute approximate surface area is 105 Å². The summed E-state index contributed by atoms with van der Waals surface area (Å²) < 4.78 is 0. The van der Waals surface area contributed by atoms with E-state index in [1.54, 1.807) is 12.1 Å². The molecule has 3 N–H and O–H groups in total. The van der Waals surface area contributed by atoms with Gasteiger partial charge in [0.05, 0.1) is 0 Å². The molecular formula is C11H16N4OS. The number of nitrogens with two attached hydrogens (primary N) is 1. The van der Waals surface area contributed by atoms with Gasteiger partial charge in [0.25, 0.3) is 5.91 Å². The summed E-state index contributed by atoms with van der Waals surface area (Å²) in [5.41, 5.74) is 5.29. The van der Waals surface area contributed by atoms with E-state index in [4.69, 9.17) is 5.73 Å². The molecule has 1 fully saturated rings. The van der Waals surface area contributed by atoms with Gasteiger partial charge in [-0.15, -0.1) is 10.2 Å². The average molecular weight is 252 g/mol. The van der Waals surface area contributed by atoms with Gasteiger partial charge in [-0.25, -0.2) is 0 Å². The van der Waals surface area contributed by atoms with E-state index in [0.29, 0.717) is 11.1 Å². The van der Waals surface area contributed by atoms with Gasteiger partial charge in [0.15, 0.2) is 5.69 Å². The van der Waals surface area contributed by atoms with E-state index in [0.717, 1.165) is 6.54 Å². The van der Waals surface area contributed by atoms with Crippen LogP contribution in [0.25, 0.3) is 0 Å². The third-order valence-electron chi connectivity index (χ3n) is 2.70. The summed E-state index contributed by atoms with van der Waals surface area (Å²) in [6, 6.07) is 3.33. The maximum absolute atomic E-state index is 10.8. The Morgan fingerprint density at radius 3 is 2.94 bits per heavy atom. The lowest BCUT2D eigenvalue weighted by atomic mass is 10.2. The van der Waals surface area contributed by atoms with Crippen LogP contribution in [0.1, 0.15) is 29.8 Å². The van der Waals surface area contributed by atoms with E-state index in [1.165, 1.54) is 25.0 Å². The van der Waals surface area contributed by atoms with Crippen molar-refractivity contribution in [2.75, 3.05) is 17.6 Å². The zero-order valence-electron chi connectivity index (χ0n) is 9.56. The molecule has 0 bridgehead atoms. The molecule has 92 valence electrons. The lowest BCUT2D eigenvalue weighted by Crippen LogP contribution is -2.21. The monoisotopic (exact) mass is 252 g/mol. The Bertz CT molecular complexity index is 376. The number of aromatic nitrogens is 2. The van der Waals surface area contributed by atoms with Crippen LogP contribution in [0.4, 0.5) is 5.82 Å². The molecule has 0 saturated carbocycles. The number of carbonyl (C=O) groups excluding carboxylic acids is 1. The minimum absolute atomic E-state index is 0.197. The molecule has 1 saturated heterocycles. The summed E-state index contributed by atoms with van der Waals surface area (Å²) in [7, 11) is 0. The van der Waals surface area contributed by atoms with Crippen molar-refractivity contribution in [3.8, 4) is 0 Å². The third kappa shape index (κ3) is 3.59. The van der Waals surface area contributed by atoms with Gasteiger partial charge in [-0.1, -0.05) is 6.42 Å². The van der Waals surface area contributed by atoms with Crippen molar-refractivity contribution in [3.63, 3.8) is 0 Å². The summed E-state index contributed by atoms with van der Waals surface area (Å²) in [6.45, 7) is 0.898. The van der Waals surface area contributed by atoms with Crippen LogP contribution in [-0.2, 0) is 0 Å². The van der Waals surface area contributed by atoms with Gasteiger partial charge < -0.3 is 11.1 Å². The molecule has 0 radical (unpaired) electrons. The lowest BCUT2D eigenvalue weighted by molar-refractivity contribution is 0.0994. The smallest absolute Gasteiger partial charge is 0.269 e. The van der Waals surface area contributed by atoms with Crippen molar-refractivity contribution in [2.45, 2.75) is 24.5 Å². The van der Waals surface area contributed by atoms with Crippen LogP contribution >= 0.6 is 11.8 Å². The maximum atomic E-state index is 10.8. The normalized spacial score (nSPS) is 19.9. The molecule has 1 amide bonds. The minimum Gasteiger partial charge on any atom is -0.367 e. The van der Waals surface area contributed by atoms with Crippen molar-refractivity contribution in [3.05, 3.63) is 17.8 Å². The summed E-state index contributed by atoms with van der Waals surface area (Å²) in [5, 5.41) is 11.5. The van der Waals surface area contributed by atoms with Gasteiger partial charge in [-0.05, 0) is 30.7 Å². The topological polar surface area (TPSA) is 80.9 Å². The first kappa shape index (κ1) is 12.2. The largest absolute Gasteiger partial charge is 0.367 e. The minimum atomic E-state index is -0.549. The third-order valence-corrected chi connectivity index (χ3v) is 4.10. The SMILES string of the molecule is NC(=O)c1ccc(NCC2CCCCS2)nn1. The molecule has 6 heteroatoms. The second-order valence-corrected chi connectivity index (χ2v) is 5.45. The molecule has 1 unspecified atom stereocenters. The molecule has 1 atom stereocenters. The number of primary amides is 1. The van der Waals surface area contributed by atoms with Crippen molar-refractivity contribution >= 4 is 23.5 Å². The number of anilines is 1. The van der Waals surface area contributed by atoms with E-state index in [9.17, 15) is 4.79 Å². The van der Waals surface area contributed by atoms with Crippen molar-refractivity contribution in [1.29, 1.82) is 0 Å². The maximum Gasteiger partial charge on any atom is 0.269 e. The van der Waals surface area contributed by atoms with Gasteiger partial charge in [0, 0.05) is 11.8 Å². The predicted molar refractivity (Wildman–Crippen MR) is 69.1 cm³/mol. The molecule has 17 heavy (non-hydrogen) atoms. The van der Waals surface area contributed by atoms with Crippen LogP contribution in [-0.4, -0.2) is 33.7 Å². The van der Waals surface area contributed by atoms with E-state index >= 15 is 0 Å². The van der Waals surface area contributed by atoms with Gasteiger partial charge in [0.2, 0.25) is 0 Å². The molecule has 5 nitrogen and oxygen atoms in total. The molecule has 1 aliphatic rings. The van der Waals surface area contributed by atoms with Crippen molar-refractivity contribution in [2.24, 2.45) is 5.73 Å². The zero-order chi connectivity index (χ0) is 12.1. The Kier molecular flexibility index (Phi) is 4.19. The number of rotatable bonds is 4. The van der Waals surface area contributed by atoms with Crippen LogP contribution in [0.15, 0.2) is 12.1 Å². The Hall–Kier alpha value is -1.30. The van der Waals surface area contributed by atoms with E-state index < -0.39 is 5.91 Å². The molecule has 1 aromatic rings. The molecular weight excluding hydrogens is 236 g/mol. The molecule has 2 rings (SSSR count). The molecule has 0 aromatic carbocycles. The van der Waals surface area contributed by atoms with E-state index in [-0.39, 0.29) is 5.69 Å². The van der Waals surface area contributed by atoms with Crippen LogP contribution in [0.5, 0.6) is 0 Å². The van der Waals surface area contributed by atoms with Crippen molar-refractivity contribution in [1.82, 2.24) is 10.2 Å². The highest BCUT2D eigenvalue weighted by Crippen LogP contribution is 2.24. The second-order valence-electron chi connectivity index (χ2n) is 4.04. The second kappa shape index (κ2) is 5.86. The number of hydrogen-bond donors (Lipinski definition) is 2. The number of hydrogen-bond acceptors (Lipinski definition) is 5. The van der Waals surface area contributed by atoms with Gasteiger partial charge in [-0.3, -0.25) is 4.79 Å². The Morgan fingerprint density at radius 1 is 1.47 bits per heavy atom. The van der Waals surface area contributed by atoms with Gasteiger partial charge >= 0.3 is 0 Å². The Morgan fingerprint density at radius 2 is 2.35 bits per heavy atom. The van der Waals surface area contributed by atoms with Crippen LogP contribution in [0, 0.1) is 0 Å². The van der Waals surface area contributed by atoms with E-state index in [2.05, 4.69) is 15.5 Å². The fourth-order valence-corrected chi connectivity index (χ4v) is 2.98. The molecule has 0 spiro atoms. The van der Waals surface area contributed by atoms with Crippen LogP contribution in [0.2, 0.25) is 0 Å². The van der Waals surface area contributed by atoms with E-state index in [1.807, 2.05) is 11.8 Å². The van der Waals surface area contributed by atoms with Gasteiger partial charge in [-0.2, -0.15) is 11.8 Å². The highest BCUT2D eigenvalue weighted by Gasteiger charge is 2.13. The fraction of sp³-hybridized carbons (Fsp3) is 0.545. The summed E-state index contributed by atoms with van der Waals surface area (Å²) >= 11 is 2.01. The molecule has 1 aliphatic heterocycles. The standard InChI is InChI=1S/C11H16N4OS/c12-11(16)9-4-5-10(15-14-9)13-7-8-3-1-2-6-17-8/h4-5,8H,1-3,6-7H2,(H2,12,16)(H,13,15). The van der Waals surface area contributed by atoms with Gasteiger partial charge in [0.1, 0.15) is 5.82 Å². The lowest BCUT2D eigenvalue weighted by Gasteiger charge is -2.21. The van der Waals surface area contributed by atoms with Crippen molar-refractivity contribution < 1.29 is 4.79 Å². The predicted octanol–water partition coefficient (Wildman–Crippen LogP) is 1.27. The first-order valence-corrected chi connectivity index (χ1v) is 6.79. The average Bonchev–Trinajstić information content (AvgIpc) is 2.38. The molecule has 0 aliphatic carbocycles. The first-order valence-electron chi connectivity index (χ1n) is 5.75. The first-order chi connectivity index (χ1) is 8.25. The summed E-state index contributed by atoms with van der Waals surface area (Å²) in [5.74, 6) is 1.40. The number of carbonyl (C=O) groups is 1.